The minimum atomic E-state index is 0. The quantitative estimate of drug-likeness (QED) is 0.496. The van der Waals surface area contributed by atoms with Crippen molar-refractivity contribution in [1.29, 1.82) is 0 Å². The molecule has 2 aliphatic carbocycles. The van der Waals surface area contributed by atoms with E-state index in [1.54, 1.807) is 0 Å². The molecule has 0 heterocycles. The topological polar surface area (TPSA) is 28.2 Å². The number of nitrogens with zero attached hydrogens (tertiary/aromatic N) is 2. The smallest absolute Gasteiger partial charge is 0 e. The predicted octanol–water partition coefficient (Wildman–Crippen LogP) is 5.57. The zero-order valence-electron chi connectivity index (χ0n) is 15.0. The first-order chi connectivity index (χ1) is 10.1. The molecule has 2 aliphatic rings. The van der Waals surface area contributed by atoms with Gasteiger partial charge in [-0.2, -0.15) is 0 Å². The summed E-state index contributed by atoms with van der Waals surface area (Å²) in [7, 11) is 0. The fourth-order valence-corrected chi connectivity index (χ4v) is 3.44. The van der Waals surface area contributed by atoms with Crippen LogP contribution in [0.4, 0.5) is 0 Å². The molecule has 1 aromatic carbocycles. The Hall–Kier alpha value is -0.757. The second-order valence-corrected chi connectivity index (χ2v) is 6.56. The van der Waals surface area contributed by atoms with E-state index in [4.69, 9.17) is 10.6 Å². The summed E-state index contributed by atoms with van der Waals surface area (Å²) < 4.78 is 0. The second-order valence-electron chi connectivity index (χ2n) is 6.56. The molecule has 0 saturated heterocycles. The van der Waals surface area contributed by atoms with Crippen LogP contribution in [-0.2, 0) is 19.5 Å². The van der Waals surface area contributed by atoms with E-state index in [9.17, 15) is 0 Å². The van der Waals surface area contributed by atoms with Crippen LogP contribution in [0.25, 0.3) is 22.8 Å². The molecule has 0 fully saturated rings. The van der Waals surface area contributed by atoms with Crippen molar-refractivity contribution in [2.75, 3.05) is 0 Å². The molecule has 3 heteroatoms. The van der Waals surface area contributed by atoms with Gasteiger partial charge in [-0.25, -0.2) is 0 Å². The second kappa shape index (κ2) is 8.37. The summed E-state index contributed by atoms with van der Waals surface area (Å²) in [5.74, 6) is 0.357. The average molecular weight is 361 g/mol. The Balaban J connectivity index is 0.00000132. The summed E-state index contributed by atoms with van der Waals surface area (Å²) >= 11 is 0. The summed E-state index contributed by atoms with van der Waals surface area (Å²) in [6.07, 6.45) is 8.99. The van der Waals surface area contributed by atoms with Gasteiger partial charge >= 0.3 is 0 Å². The molecule has 0 aliphatic heterocycles. The van der Waals surface area contributed by atoms with Gasteiger partial charge in [0.15, 0.2) is 0 Å². The monoisotopic (exact) mass is 359 g/mol. The van der Waals surface area contributed by atoms with Gasteiger partial charge in [0, 0.05) is 19.5 Å². The molecule has 0 N–H and O–H groups in total. The van der Waals surface area contributed by atoms with E-state index in [2.05, 4.69) is 70.2 Å². The third kappa shape index (κ3) is 4.21. The van der Waals surface area contributed by atoms with Crippen molar-refractivity contribution in [2.24, 2.45) is 0 Å². The van der Waals surface area contributed by atoms with Gasteiger partial charge in [-0.15, -0.1) is 36.3 Å². The Bertz CT molecular complexity index is 529. The molecule has 2 atom stereocenters. The van der Waals surface area contributed by atoms with Crippen LogP contribution in [0.2, 0.25) is 0 Å². The Morgan fingerprint density at radius 3 is 1.65 bits per heavy atom. The van der Waals surface area contributed by atoms with E-state index >= 15 is 0 Å². The molecule has 0 amide bonds. The molecule has 2 unspecified atom stereocenters. The molecule has 3 rings (SSSR count). The van der Waals surface area contributed by atoms with Crippen molar-refractivity contribution in [3.63, 3.8) is 0 Å². The molecular formula is C20H27N2Zn-3. The third-order valence-electron chi connectivity index (χ3n) is 4.13. The van der Waals surface area contributed by atoms with Gasteiger partial charge < -0.3 is 18.1 Å². The zero-order valence-corrected chi connectivity index (χ0v) is 18.0. The Morgan fingerprint density at radius 2 is 1.26 bits per heavy atom. The molecule has 122 valence electrons. The fourth-order valence-electron chi connectivity index (χ4n) is 3.44. The van der Waals surface area contributed by atoms with Crippen molar-refractivity contribution in [3.8, 4) is 0 Å². The summed E-state index contributed by atoms with van der Waals surface area (Å²) in [4.78, 5) is 0. The van der Waals surface area contributed by atoms with Gasteiger partial charge in [0.1, 0.15) is 0 Å². The Morgan fingerprint density at radius 1 is 0.826 bits per heavy atom. The molecule has 0 aromatic heterocycles. The summed E-state index contributed by atoms with van der Waals surface area (Å²) in [5, 5.41) is 9.88. The third-order valence-corrected chi connectivity index (χ3v) is 4.13. The minimum Gasteiger partial charge on any atom is -0.653 e. The van der Waals surface area contributed by atoms with Crippen molar-refractivity contribution < 1.29 is 19.5 Å². The van der Waals surface area contributed by atoms with E-state index in [0.29, 0.717) is 18.0 Å². The standard InChI is InChI=1S/C19H24N2.CH3.Zn/c1-12(2)20-16-10-8-14-6-5-7-15-9-11-17(21-13(3)4)19(16)18(14)15;;/h5-13,16-17,19H,1-4H3;1H3;/q-2;-1;. The molecular weight excluding hydrogens is 334 g/mol. The number of rotatable bonds is 4. The van der Waals surface area contributed by atoms with Crippen LogP contribution < -0.4 is 0 Å². The zero-order chi connectivity index (χ0) is 15.0. The van der Waals surface area contributed by atoms with Crippen LogP contribution in [0.15, 0.2) is 30.4 Å². The summed E-state index contributed by atoms with van der Waals surface area (Å²) in [6.45, 7) is 8.62. The first-order valence-electron chi connectivity index (χ1n) is 7.95. The van der Waals surface area contributed by atoms with Crippen LogP contribution in [0.5, 0.6) is 0 Å². The van der Waals surface area contributed by atoms with Crippen molar-refractivity contribution in [2.45, 2.75) is 57.8 Å². The van der Waals surface area contributed by atoms with Gasteiger partial charge in [-0.05, 0) is 22.6 Å². The molecule has 0 saturated carbocycles. The van der Waals surface area contributed by atoms with Crippen LogP contribution in [0.3, 0.4) is 0 Å². The predicted molar refractivity (Wildman–Crippen MR) is 98.2 cm³/mol. The Labute approximate surface area is 154 Å². The maximum atomic E-state index is 4.94. The average Bonchev–Trinajstić information content (AvgIpc) is 2.42. The van der Waals surface area contributed by atoms with Gasteiger partial charge in [0.2, 0.25) is 0 Å². The molecule has 0 spiro atoms. The van der Waals surface area contributed by atoms with E-state index in [0.717, 1.165) is 0 Å². The van der Waals surface area contributed by atoms with Gasteiger partial charge in [0.05, 0.1) is 0 Å². The SMILES string of the molecule is CC(C)[N-]C1C=Cc2cccc3c2C1C([N-]C(C)C)C=C3.[CH3-].[Zn]. The molecule has 23 heavy (non-hydrogen) atoms. The van der Waals surface area contributed by atoms with Crippen LogP contribution >= 0.6 is 0 Å². The van der Waals surface area contributed by atoms with E-state index in [1.807, 2.05) is 0 Å². The number of hydrogen-bond donors (Lipinski definition) is 0. The molecule has 0 radical (unpaired) electrons. The maximum Gasteiger partial charge on any atom is 0 e. The maximum absolute atomic E-state index is 4.94. The molecule has 1 aromatic rings. The number of benzene rings is 1. The van der Waals surface area contributed by atoms with Crippen LogP contribution in [0, 0.1) is 7.43 Å². The van der Waals surface area contributed by atoms with Gasteiger partial charge in [-0.1, -0.05) is 58.0 Å². The first kappa shape index (κ1) is 20.3. The van der Waals surface area contributed by atoms with E-state index in [1.165, 1.54) is 16.7 Å². The normalized spacial score (nSPS) is 24.2. The summed E-state index contributed by atoms with van der Waals surface area (Å²) in [6, 6.07) is 7.71. The fraction of sp³-hybridized carbons (Fsp3) is 0.450. The van der Waals surface area contributed by atoms with Crippen molar-refractivity contribution in [1.82, 2.24) is 0 Å². The largest absolute Gasteiger partial charge is 0.653 e. The Kier molecular flexibility index (Phi) is 7.39. The summed E-state index contributed by atoms with van der Waals surface area (Å²) in [5.41, 5.74) is 4.10. The molecule has 2 nitrogen and oxygen atoms in total. The van der Waals surface area contributed by atoms with Crippen molar-refractivity contribution >= 4 is 12.2 Å². The number of hydrogen-bond acceptors (Lipinski definition) is 0. The van der Waals surface area contributed by atoms with Gasteiger partial charge in [-0.3, -0.25) is 0 Å². The van der Waals surface area contributed by atoms with Crippen molar-refractivity contribution in [3.05, 3.63) is 65.1 Å². The molecule has 0 bridgehead atoms. The first-order valence-corrected chi connectivity index (χ1v) is 7.95. The van der Waals surface area contributed by atoms with E-state index in [-0.39, 0.29) is 39.0 Å². The van der Waals surface area contributed by atoms with Crippen LogP contribution in [0.1, 0.15) is 50.3 Å². The minimum absolute atomic E-state index is 0. The van der Waals surface area contributed by atoms with Gasteiger partial charge in [0.25, 0.3) is 0 Å². The van der Waals surface area contributed by atoms with Crippen LogP contribution in [-0.4, -0.2) is 24.2 Å². The van der Waals surface area contributed by atoms with E-state index < -0.39 is 0 Å².